The monoisotopic (exact) mass is 519 g/mol. The number of hydrogen-bond acceptors (Lipinski definition) is 1. The molecule has 0 radical (unpaired) electrons. The first-order valence-electron chi connectivity index (χ1n) is 14.1. The van der Waals surface area contributed by atoms with Gasteiger partial charge >= 0.3 is 0 Å². The van der Waals surface area contributed by atoms with Gasteiger partial charge in [0.15, 0.2) is 0 Å². The number of benzene rings is 3. The summed E-state index contributed by atoms with van der Waals surface area (Å²) in [6.45, 7) is 19.2. The summed E-state index contributed by atoms with van der Waals surface area (Å²) in [6, 6.07) is 28.8. The molecule has 0 bridgehead atoms. The van der Waals surface area contributed by atoms with Crippen molar-refractivity contribution in [2.75, 3.05) is 0 Å². The molecule has 1 nitrogen and oxygen atoms in total. The second-order valence-electron chi connectivity index (χ2n) is 10.2. The van der Waals surface area contributed by atoms with Crippen LogP contribution in [0.2, 0.25) is 0 Å². The molecule has 0 saturated carbocycles. The van der Waals surface area contributed by atoms with Crippen LogP contribution in [0.3, 0.4) is 0 Å². The Morgan fingerprint density at radius 2 is 1.33 bits per heavy atom. The van der Waals surface area contributed by atoms with Gasteiger partial charge in [-0.1, -0.05) is 144 Å². The number of aryl methyl sites for hydroxylation is 1. The zero-order valence-electron chi connectivity index (χ0n) is 25.3. The normalized spacial score (nSPS) is 11.4. The summed E-state index contributed by atoms with van der Waals surface area (Å²) in [5.74, 6) is 0.833. The van der Waals surface area contributed by atoms with Gasteiger partial charge in [0.2, 0.25) is 0 Å². The molecule has 0 heterocycles. The second kappa shape index (κ2) is 19.4. The smallest absolute Gasteiger partial charge is 0.0389 e. The highest BCUT2D eigenvalue weighted by molar-refractivity contribution is 5.98. The maximum atomic E-state index is 7.83. The van der Waals surface area contributed by atoms with Gasteiger partial charge in [0.1, 0.15) is 0 Å². The molecule has 1 heteroatoms. The lowest BCUT2D eigenvalue weighted by Gasteiger charge is -2.11. The van der Waals surface area contributed by atoms with Crippen molar-refractivity contribution in [2.24, 2.45) is 5.92 Å². The summed E-state index contributed by atoms with van der Waals surface area (Å²) in [5, 5.41) is 7.83. The molecule has 39 heavy (non-hydrogen) atoms. The van der Waals surface area contributed by atoms with Crippen LogP contribution in [0, 0.1) is 18.3 Å². The van der Waals surface area contributed by atoms with Crippen LogP contribution >= 0.6 is 0 Å². The van der Waals surface area contributed by atoms with Gasteiger partial charge in [-0.15, -0.1) is 0 Å². The Balaban J connectivity index is 0.000000364. The second-order valence-corrected chi connectivity index (χ2v) is 10.2. The van der Waals surface area contributed by atoms with Crippen LogP contribution in [0.1, 0.15) is 83.1 Å². The Labute approximate surface area is 239 Å². The van der Waals surface area contributed by atoms with E-state index in [0.717, 1.165) is 42.0 Å². The van der Waals surface area contributed by atoms with E-state index >= 15 is 0 Å². The lowest BCUT2D eigenvalue weighted by molar-refractivity contribution is 0.737. The van der Waals surface area contributed by atoms with Crippen LogP contribution in [-0.4, -0.2) is 5.71 Å². The van der Waals surface area contributed by atoms with E-state index in [-0.39, 0.29) is 0 Å². The third-order valence-corrected chi connectivity index (χ3v) is 5.77. The predicted molar refractivity (Wildman–Crippen MR) is 177 cm³/mol. The van der Waals surface area contributed by atoms with Gasteiger partial charge in [-0.2, -0.15) is 0 Å². The summed E-state index contributed by atoms with van der Waals surface area (Å²) in [5.41, 5.74) is 9.02. The van der Waals surface area contributed by atoms with E-state index in [1.807, 2.05) is 36.4 Å². The Morgan fingerprint density at radius 3 is 1.85 bits per heavy atom. The molecule has 0 amide bonds. The Bertz CT molecular complexity index is 1210. The van der Waals surface area contributed by atoms with E-state index in [0.29, 0.717) is 0 Å². The molecule has 0 atom stereocenters. The van der Waals surface area contributed by atoms with Crippen molar-refractivity contribution in [3.8, 4) is 0 Å². The first kappa shape index (κ1) is 33.3. The maximum absolute atomic E-state index is 7.83. The van der Waals surface area contributed by atoms with Crippen molar-refractivity contribution >= 4 is 16.9 Å². The highest BCUT2D eigenvalue weighted by Crippen LogP contribution is 2.26. The molecule has 3 aromatic carbocycles. The van der Waals surface area contributed by atoms with Gasteiger partial charge in [-0.05, 0) is 84.9 Å². The Hall–Kier alpha value is -3.71. The van der Waals surface area contributed by atoms with Gasteiger partial charge in [0, 0.05) is 5.71 Å². The van der Waals surface area contributed by atoms with Crippen molar-refractivity contribution in [2.45, 2.75) is 67.7 Å². The molecule has 0 unspecified atom stereocenters. The third kappa shape index (κ3) is 13.6. The number of rotatable bonds is 9. The lowest BCUT2D eigenvalue weighted by Crippen LogP contribution is -1.97. The van der Waals surface area contributed by atoms with Crippen LogP contribution in [0.25, 0.3) is 11.1 Å². The van der Waals surface area contributed by atoms with Crippen molar-refractivity contribution in [3.05, 3.63) is 144 Å². The van der Waals surface area contributed by atoms with E-state index < -0.39 is 0 Å². The van der Waals surface area contributed by atoms with E-state index in [1.165, 1.54) is 27.8 Å². The molecule has 1 N–H and O–H groups in total. The fourth-order valence-corrected chi connectivity index (χ4v) is 3.89. The van der Waals surface area contributed by atoms with E-state index in [1.54, 1.807) is 0 Å². The summed E-state index contributed by atoms with van der Waals surface area (Å²) in [4.78, 5) is 0. The lowest BCUT2D eigenvalue weighted by atomic mass is 9.94. The number of nitrogens with one attached hydrogen (secondary N) is 1. The number of hydrogen-bond donors (Lipinski definition) is 1. The van der Waals surface area contributed by atoms with Crippen LogP contribution in [-0.2, 0) is 0 Å². The van der Waals surface area contributed by atoms with Crippen LogP contribution in [0.15, 0.2) is 121 Å². The molecule has 0 spiro atoms. The summed E-state index contributed by atoms with van der Waals surface area (Å²) in [6.07, 6.45) is 11.5. The summed E-state index contributed by atoms with van der Waals surface area (Å²) in [7, 11) is 0. The SMILES string of the molecule is C=C(/C=C(C)\C(=C/C)c1ccccc1)c1ccccc1C.CC(C)C.CC/C=C/CCC(=N)c1ccccc1. The molecule has 0 saturated heterocycles. The molecule has 0 aromatic heterocycles. The quantitative estimate of drug-likeness (QED) is 0.165. The molecular formula is C38H49N. The Morgan fingerprint density at radius 1 is 0.821 bits per heavy atom. The fourth-order valence-electron chi connectivity index (χ4n) is 3.89. The average molecular weight is 520 g/mol. The Kier molecular flexibility index (Phi) is 16.6. The van der Waals surface area contributed by atoms with Gasteiger partial charge in [-0.25, -0.2) is 0 Å². The first-order valence-corrected chi connectivity index (χ1v) is 14.1. The molecule has 0 aliphatic carbocycles. The van der Waals surface area contributed by atoms with E-state index in [2.05, 4.69) is 128 Å². The van der Waals surface area contributed by atoms with E-state index in [4.69, 9.17) is 5.41 Å². The minimum absolute atomic E-state index is 0.728. The van der Waals surface area contributed by atoms with Crippen molar-refractivity contribution in [1.82, 2.24) is 0 Å². The average Bonchev–Trinajstić information content (AvgIpc) is 2.93. The third-order valence-electron chi connectivity index (χ3n) is 5.77. The minimum Gasteiger partial charge on any atom is -0.305 e. The predicted octanol–water partition coefficient (Wildman–Crippen LogP) is 11.5. The largest absolute Gasteiger partial charge is 0.305 e. The molecule has 3 rings (SSSR count). The van der Waals surface area contributed by atoms with Crippen molar-refractivity contribution in [3.63, 3.8) is 0 Å². The molecule has 3 aromatic rings. The molecule has 0 aliphatic rings. The van der Waals surface area contributed by atoms with Crippen LogP contribution in [0.5, 0.6) is 0 Å². The highest BCUT2D eigenvalue weighted by Gasteiger charge is 2.05. The minimum atomic E-state index is 0.728. The summed E-state index contributed by atoms with van der Waals surface area (Å²) >= 11 is 0. The fraction of sp³-hybridized carbons (Fsp3) is 0.289. The standard InChI is InChI=1S/C21H22.C13H17N.C4H10/c1-5-20(19-12-7-6-8-13-19)17(3)15-18(4)21-14-10-9-11-16(21)2;1-2-3-4-8-11-13(14)12-9-6-5-7-10-12;1-4(2)3/h5-15H,4H2,1-3H3;3-7,9-10,14H,2,8,11H2,1H3;4H,1-3H3/b17-15-,20-5+;4-3+,14-13?;. The molecular weight excluding hydrogens is 470 g/mol. The maximum Gasteiger partial charge on any atom is 0.0389 e. The zero-order chi connectivity index (χ0) is 29.0. The van der Waals surface area contributed by atoms with Gasteiger partial charge in [0.05, 0.1) is 0 Å². The van der Waals surface area contributed by atoms with Crippen LogP contribution in [0.4, 0.5) is 0 Å². The topological polar surface area (TPSA) is 23.9 Å². The molecule has 206 valence electrons. The molecule has 0 fully saturated rings. The number of allylic oxidation sites excluding steroid dienone is 7. The van der Waals surface area contributed by atoms with Gasteiger partial charge in [-0.3, -0.25) is 0 Å². The van der Waals surface area contributed by atoms with Gasteiger partial charge < -0.3 is 5.41 Å². The first-order chi connectivity index (χ1) is 18.7. The van der Waals surface area contributed by atoms with E-state index in [9.17, 15) is 0 Å². The summed E-state index contributed by atoms with van der Waals surface area (Å²) < 4.78 is 0. The molecule has 0 aliphatic heterocycles. The van der Waals surface area contributed by atoms with Gasteiger partial charge in [0.25, 0.3) is 0 Å². The van der Waals surface area contributed by atoms with Crippen molar-refractivity contribution in [1.29, 1.82) is 5.41 Å². The zero-order valence-corrected chi connectivity index (χ0v) is 25.3. The van der Waals surface area contributed by atoms with Crippen molar-refractivity contribution < 1.29 is 0 Å². The van der Waals surface area contributed by atoms with Crippen LogP contribution < -0.4 is 0 Å². The highest BCUT2D eigenvalue weighted by atomic mass is 14.4.